The summed E-state index contributed by atoms with van der Waals surface area (Å²) in [5, 5.41) is 11.2. The molecule has 1 saturated heterocycles. The third-order valence-corrected chi connectivity index (χ3v) is 10.5. The van der Waals surface area contributed by atoms with Crippen LogP contribution in [0.1, 0.15) is 71.2 Å². The van der Waals surface area contributed by atoms with Crippen LogP contribution in [0.4, 0.5) is 0 Å². The summed E-state index contributed by atoms with van der Waals surface area (Å²) in [5.41, 5.74) is -1.61. The summed E-state index contributed by atoms with van der Waals surface area (Å²) in [4.78, 5) is 41.4. The summed E-state index contributed by atoms with van der Waals surface area (Å²) in [7, 11) is 4.59. The molecule has 4 rings (SSSR count). The molecule has 8 unspecified atom stereocenters. The van der Waals surface area contributed by atoms with Crippen molar-refractivity contribution < 1.29 is 47.9 Å². The molecule has 1 aromatic rings. The van der Waals surface area contributed by atoms with E-state index in [9.17, 15) is 14.7 Å². The average Bonchev–Trinajstić information content (AvgIpc) is 2.98. The van der Waals surface area contributed by atoms with E-state index in [4.69, 9.17) is 28.4 Å². The summed E-state index contributed by atoms with van der Waals surface area (Å²) >= 11 is 0. The third-order valence-electron chi connectivity index (χ3n) is 10.5. The van der Waals surface area contributed by atoms with Crippen molar-refractivity contribution >= 4 is 17.7 Å². The Hall–Kier alpha value is -2.63. The number of hydrogen-bond donors (Lipinski definition) is 1. The van der Waals surface area contributed by atoms with E-state index in [2.05, 4.69) is 0 Å². The van der Waals surface area contributed by atoms with Crippen LogP contribution in [-0.4, -0.2) is 93.0 Å². The van der Waals surface area contributed by atoms with Gasteiger partial charge in [0.2, 0.25) is 0 Å². The summed E-state index contributed by atoms with van der Waals surface area (Å²) in [6.45, 7) is 10.7. The lowest BCUT2D eigenvalue weighted by Crippen LogP contribution is -2.78. The second kappa shape index (κ2) is 13.0. The average molecular weight is 617 g/mol. The summed E-state index contributed by atoms with van der Waals surface area (Å²) in [6, 6.07) is 8.60. The topological polar surface area (TPSA) is 127 Å². The highest BCUT2D eigenvalue weighted by Crippen LogP contribution is 2.59. The molecule has 1 heterocycles. The van der Waals surface area contributed by atoms with Crippen molar-refractivity contribution in [1.82, 2.24) is 0 Å². The highest BCUT2D eigenvalue weighted by Gasteiger charge is 2.73. The molecule has 9 atom stereocenters. The Morgan fingerprint density at radius 3 is 2.23 bits per heavy atom. The first-order valence-electron chi connectivity index (χ1n) is 15.4. The first-order valence-corrected chi connectivity index (χ1v) is 15.4. The largest absolute Gasteiger partial charge is 0.459 e. The fourth-order valence-corrected chi connectivity index (χ4v) is 8.28. The molecule has 10 nitrogen and oxygen atoms in total. The molecule has 2 fully saturated rings. The van der Waals surface area contributed by atoms with E-state index in [0.717, 1.165) is 5.57 Å². The van der Waals surface area contributed by atoms with Crippen LogP contribution in [0.5, 0.6) is 0 Å². The number of aliphatic hydroxyl groups excluding tert-OH is 1. The summed E-state index contributed by atoms with van der Waals surface area (Å²) in [5.74, 6) is -2.24. The van der Waals surface area contributed by atoms with Crippen molar-refractivity contribution in [2.45, 2.75) is 103 Å². The minimum atomic E-state index is -1.35. The number of carbonyl (C=O) groups is 3. The molecule has 0 aromatic heterocycles. The zero-order valence-electron chi connectivity index (χ0n) is 27.4. The molecule has 0 radical (unpaired) electrons. The smallest absolute Gasteiger partial charge is 0.338 e. The van der Waals surface area contributed by atoms with Crippen LogP contribution < -0.4 is 0 Å². The van der Waals surface area contributed by atoms with Gasteiger partial charge in [-0.3, -0.25) is 9.59 Å². The van der Waals surface area contributed by atoms with Crippen molar-refractivity contribution in [3.8, 4) is 0 Å². The van der Waals surface area contributed by atoms with Crippen LogP contribution in [-0.2, 0) is 38.0 Å². The van der Waals surface area contributed by atoms with Gasteiger partial charge in [0, 0.05) is 46.5 Å². The summed E-state index contributed by atoms with van der Waals surface area (Å²) in [6.07, 6.45) is -3.53. The molecule has 2 aliphatic carbocycles. The number of carbonyl (C=O) groups excluding carboxylic acids is 3. The first kappa shape index (κ1) is 34.2. The SMILES string of the molecule is CCC1(C(=O)C(OC)C2=C(C)C(OC)CC(O)C2(C)C)C(OC)CC2OC[C@@]2(OC(C)=O)C1C(C)OC(=O)c1ccccc1. The van der Waals surface area contributed by atoms with Crippen molar-refractivity contribution in [1.29, 1.82) is 0 Å². The maximum atomic E-state index is 15.4. The number of aliphatic hydroxyl groups is 1. The van der Waals surface area contributed by atoms with E-state index in [1.165, 1.54) is 14.0 Å². The second-order valence-electron chi connectivity index (χ2n) is 12.9. The number of fused-ring (bicyclic) bond motifs is 1. The highest BCUT2D eigenvalue weighted by molar-refractivity contribution is 5.94. The molecule has 1 aromatic carbocycles. The van der Waals surface area contributed by atoms with E-state index in [0.29, 0.717) is 17.6 Å². The van der Waals surface area contributed by atoms with Gasteiger partial charge in [-0.25, -0.2) is 4.79 Å². The van der Waals surface area contributed by atoms with Crippen LogP contribution in [0.25, 0.3) is 0 Å². The number of ketones is 1. The molecule has 244 valence electrons. The molecule has 0 amide bonds. The Balaban J connectivity index is 1.91. The maximum Gasteiger partial charge on any atom is 0.338 e. The van der Waals surface area contributed by atoms with Crippen molar-refractivity contribution in [2.75, 3.05) is 27.9 Å². The predicted molar refractivity (Wildman–Crippen MR) is 161 cm³/mol. The number of hydrogen-bond acceptors (Lipinski definition) is 10. The lowest BCUT2D eigenvalue weighted by Gasteiger charge is -2.64. The van der Waals surface area contributed by atoms with Gasteiger partial charge in [0.1, 0.15) is 18.3 Å². The fraction of sp³-hybridized carbons (Fsp3) is 0.676. The van der Waals surface area contributed by atoms with Gasteiger partial charge in [-0.1, -0.05) is 39.0 Å². The van der Waals surface area contributed by atoms with Gasteiger partial charge in [0.25, 0.3) is 0 Å². The van der Waals surface area contributed by atoms with E-state index in [-0.39, 0.29) is 25.2 Å². The van der Waals surface area contributed by atoms with Gasteiger partial charge in [-0.15, -0.1) is 0 Å². The Labute approximate surface area is 260 Å². The predicted octanol–water partition coefficient (Wildman–Crippen LogP) is 4.07. The zero-order valence-corrected chi connectivity index (χ0v) is 27.4. The minimum absolute atomic E-state index is 0.0376. The van der Waals surface area contributed by atoms with Crippen LogP contribution >= 0.6 is 0 Å². The zero-order chi connectivity index (χ0) is 32.6. The molecule has 0 bridgehead atoms. The maximum absolute atomic E-state index is 15.4. The Kier molecular flexibility index (Phi) is 10.1. The van der Waals surface area contributed by atoms with Gasteiger partial charge < -0.3 is 33.5 Å². The molecule has 10 heteroatoms. The van der Waals surface area contributed by atoms with E-state index in [1.807, 2.05) is 27.7 Å². The number of rotatable bonds is 11. The van der Waals surface area contributed by atoms with E-state index in [1.54, 1.807) is 51.5 Å². The van der Waals surface area contributed by atoms with Crippen molar-refractivity contribution in [3.05, 3.63) is 47.0 Å². The quantitative estimate of drug-likeness (QED) is 0.287. The van der Waals surface area contributed by atoms with Gasteiger partial charge in [-0.2, -0.15) is 0 Å². The van der Waals surface area contributed by atoms with Gasteiger partial charge in [-0.05, 0) is 43.5 Å². The number of esters is 2. The number of methoxy groups -OCH3 is 3. The molecule has 44 heavy (non-hydrogen) atoms. The molecular weight excluding hydrogens is 568 g/mol. The number of ether oxygens (including phenoxy) is 6. The first-order chi connectivity index (χ1) is 20.8. The standard InChI is InChI=1S/C34H48O10/c1-10-33(30(37)28(41-9)27-19(2)23(39-7)16-24(36)32(27,5)6)25(40-8)17-26-34(18-42-26,44-21(4)35)29(33)20(3)43-31(38)22-14-12-11-13-15-22/h11-15,20,23-26,28-29,36H,10,16-18H2,1-9H3/t20?,23?,24?,25?,26?,28?,29?,33?,34-/m0/s1. The fourth-order valence-electron chi connectivity index (χ4n) is 8.28. The van der Waals surface area contributed by atoms with Crippen molar-refractivity contribution in [2.24, 2.45) is 16.7 Å². The Morgan fingerprint density at radius 1 is 1.07 bits per heavy atom. The highest BCUT2D eigenvalue weighted by atomic mass is 16.6. The molecular formula is C34H48O10. The van der Waals surface area contributed by atoms with Crippen LogP contribution in [0, 0.1) is 16.7 Å². The summed E-state index contributed by atoms with van der Waals surface area (Å²) < 4.78 is 36.0. The Bertz CT molecular complexity index is 1260. The third kappa shape index (κ3) is 5.42. The molecule has 1 N–H and O–H groups in total. The normalized spacial score (nSPS) is 34.3. The van der Waals surface area contributed by atoms with E-state index < -0.39 is 70.9 Å². The van der Waals surface area contributed by atoms with Crippen LogP contribution in [0.3, 0.4) is 0 Å². The number of benzene rings is 1. The molecule has 1 aliphatic heterocycles. The van der Waals surface area contributed by atoms with Gasteiger partial charge in [0.15, 0.2) is 11.4 Å². The van der Waals surface area contributed by atoms with Crippen LogP contribution in [0.15, 0.2) is 41.5 Å². The molecule has 0 spiro atoms. The number of Topliss-reactive ketones (excluding diaryl/α,β-unsaturated/α-hetero) is 1. The van der Waals surface area contributed by atoms with Crippen LogP contribution in [0.2, 0.25) is 0 Å². The molecule has 1 saturated carbocycles. The monoisotopic (exact) mass is 616 g/mol. The molecule has 3 aliphatic rings. The lowest BCUT2D eigenvalue weighted by molar-refractivity contribution is -0.332. The van der Waals surface area contributed by atoms with Crippen molar-refractivity contribution in [3.63, 3.8) is 0 Å². The second-order valence-corrected chi connectivity index (χ2v) is 12.9. The van der Waals surface area contributed by atoms with Gasteiger partial charge >= 0.3 is 11.9 Å². The minimum Gasteiger partial charge on any atom is -0.459 e. The Morgan fingerprint density at radius 2 is 1.73 bits per heavy atom. The van der Waals surface area contributed by atoms with E-state index >= 15 is 4.79 Å². The van der Waals surface area contributed by atoms with Gasteiger partial charge in [0.05, 0.1) is 41.8 Å². The lowest BCUT2D eigenvalue weighted by atomic mass is 9.50.